The van der Waals surface area contributed by atoms with Gasteiger partial charge in [0, 0.05) is 37.7 Å². The van der Waals surface area contributed by atoms with Crippen LogP contribution < -0.4 is 9.64 Å². The van der Waals surface area contributed by atoms with Crippen LogP contribution in [0.3, 0.4) is 0 Å². The van der Waals surface area contributed by atoms with Crippen LogP contribution in [0, 0.1) is 5.92 Å². The molecule has 130 valence electrons. The summed E-state index contributed by atoms with van der Waals surface area (Å²) in [6, 6.07) is 3.91. The average Bonchev–Trinajstić information content (AvgIpc) is 3.31. The summed E-state index contributed by atoms with van der Waals surface area (Å²) in [5, 5.41) is 0. The first-order valence-corrected chi connectivity index (χ1v) is 10.2. The molecule has 5 nitrogen and oxygen atoms in total. The molecule has 4 rings (SSSR count). The van der Waals surface area contributed by atoms with Gasteiger partial charge in [0.2, 0.25) is 5.88 Å². The zero-order valence-electron chi connectivity index (χ0n) is 14.1. The lowest BCUT2D eigenvalue weighted by atomic mass is 10.2. The molecule has 1 saturated carbocycles. The quantitative estimate of drug-likeness (QED) is 0.819. The number of amides is 1. The van der Waals surface area contributed by atoms with Crippen molar-refractivity contribution in [2.45, 2.75) is 25.7 Å². The molecule has 6 heteroatoms. The Bertz CT molecular complexity index is 594. The van der Waals surface area contributed by atoms with Crippen LogP contribution in [-0.4, -0.2) is 60.1 Å². The Balaban J connectivity index is 1.55. The molecule has 2 saturated heterocycles. The minimum Gasteiger partial charge on any atom is -0.476 e. The van der Waals surface area contributed by atoms with E-state index in [4.69, 9.17) is 4.74 Å². The van der Waals surface area contributed by atoms with Crippen molar-refractivity contribution in [3.63, 3.8) is 0 Å². The number of carbonyl (C=O) groups excluding carboxylic acids is 1. The van der Waals surface area contributed by atoms with Crippen LogP contribution in [0.2, 0.25) is 0 Å². The molecule has 3 heterocycles. The summed E-state index contributed by atoms with van der Waals surface area (Å²) < 4.78 is 6.02. The zero-order chi connectivity index (χ0) is 16.4. The van der Waals surface area contributed by atoms with E-state index in [1.807, 2.05) is 28.8 Å². The number of carbonyl (C=O) groups is 1. The summed E-state index contributed by atoms with van der Waals surface area (Å²) in [6.07, 6.45) is 4.94. The van der Waals surface area contributed by atoms with Gasteiger partial charge >= 0.3 is 0 Å². The number of hydrogen-bond donors (Lipinski definition) is 0. The first-order chi connectivity index (χ1) is 11.8. The molecular weight excluding hydrogens is 322 g/mol. The molecule has 0 unspecified atom stereocenters. The first kappa shape index (κ1) is 16.1. The number of aromatic nitrogens is 1. The molecule has 1 aliphatic carbocycles. The monoisotopic (exact) mass is 347 g/mol. The fraction of sp³-hybridized carbons (Fsp3) is 0.667. The number of pyridine rings is 1. The van der Waals surface area contributed by atoms with Crippen LogP contribution in [0.4, 0.5) is 5.69 Å². The second-order valence-corrected chi connectivity index (χ2v) is 8.10. The van der Waals surface area contributed by atoms with Gasteiger partial charge in [-0.25, -0.2) is 4.98 Å². The third kappa shape index (κ3) is 3.63. The van der Waals surface area contributed by atoms with E-state index in [2.05, 4.69) is 9.88 Å². The fourth-order valence-corrected chi connectivity index (χ4v) is 4.17. The second kappa shape index (κ2) is 7.21. The number of ether oxygens (including phenoxy) is 1. The van der Waals surface area contributed by atoms with Crippen LogP contribution in [0.15, 0.2) is 12.1 Å². The highest BCUT2D eigenvalue weighted by Crippen LogP contribution is 2.33. The molecule has 0 spiro atoms. The topological polar surface area (TPSA) is 45.7 Å². The van der Waals surface area contributed by atoms with Gasteiger partial charge in [0.05, 0.1) is 12.3 Å². The number of rotatable bonds is 5. The molecule has 0 N–H and O–H groups in total. The van der Waals surface area contributed by atoms with Gasteiger partial charge in [0.25, 0.3) is 5.91 Å². The first-order valence-electron chi connectivity index (χ1n) is 9.07. The van der Waals surface area contributed by atoms with E-state index >= 15 is 0 Å². The third-order valence-corrected chi connectivity index (χ3v) is 5.90. The van der Waals surface area contributed by atoms with Crippen molar-refractivity contribution in [1.29, 1.82) is 0 Å². The molecule has 1 aromatic rings. The molecule has 0 bridgehead atoms. The predicted octanol–water partition coefficient (Wildman–Crippen LogP) is 2.66. The molecule has 3 aliphatic rings. The van der Waals surface area contributed by atoms with E-state index in [1.165, 1.54) is 25.7 Å². The van der Waals surface area contributed by atoms with Gasteiger partial charge in [0.1, 0.15) is 5.69 Å². The molecule has 1 aromatic heterocycles. The number of nitrogens with zero attached hydrogens (tertiary/aromatic N) is 3. The standard InChI is InChI=1S/C18H25N3O2S/c22-18(21-9-11-24-12-10-21)15-5-6-16(20-7-1-2-8-20)17(19-15)23-13-14-3-4-14/h5-6,14H,1-4,7-13H2. The predicted molar refractivity (Wildman–Crippen MR) is 97.1 cm³/mol. The van der Waals surface area contributed by atoms with Crippen molar-refractivity contribution >= 4 is 23.4 Å². The molecule has 24 heavy (non-hydrogen) atoms. The molecule has 0 atom stereocenters. The lowest BCUT2D eigenvalue weighted by Crippen LogP contribution is -2.38. The Labute approximate surface area is 147 Å². The van der Waals surface area contributed by atoms with Crippen molar-refractivity contribution in [2.24, 2.45) is 5.92 Å². The summed E-state index contributed by atoms with van der Waals surface area (Å²) in [6.45, 7) is 4.47. The van der Waals surface area contributed by atoms with Gasteiger partial charge in [-0.1, -0.05) is 0 Å². The summed E-state index contributed by atoms with van der Waals surface area (Å²) >= 11 is 1.91. The van der Waals surface area contributed by atoms with E-state index in [0.717, 1.165) is 50.0 Å². The highest BCUT2D eigenvalue weighted by atomic mass is 32.2. The highest BCUT2D eigenvalue weighted by Gasteiger charge is 2.26. The Hall–Kier alpha value is -1.43. The smallest absolute Gasteiger partial charge is 0.272 e. The Morgan fingerprint density at radius 2 is 1.92 bits per heavy atom. The van der Waals surface area contributed by atoms with Gasteiger partial charge in [-0.15, -0.1) is 0 Å². The van der Waals surface area contributed by atoms with Gasteiger partial charge in [0.15, 0.2) is 0 Å². The van der Waals surface area contributed by atoms with Gasteiger partial charge in [-0.05, 0) is 43.7 Å². The maximum Gasteiger partial charge on any atom is 0.272 e. The molecule has 1 amide bonds. The zero-order valence-corrected chi connectivity index (χ0v) is 14.9. The van der Waals surface area contributed by atoms with Crippen molar-refractivity contribution in [3.8, 4) is 5.88 Å². The molecular formula is C18H25N3O2S. The minimum absolute atomic E-state index is 0.0412. The number of hydrogen-bond acceptors (Lipinski definition) is 5. The maximum atomic E-state index is 12.7. The lowest BCUT2D eigenvalue weighted by molar-refractivity contribution is 0.0765. The normalized spacial score (nSPS) is 21.2. The van der Waals surface area contributed by atoms with Crippen molar-refractivity contribution in [3.05, 3.63) is 17.8 Å². The van der Waals surface area contributed by atoms with E-state index in [-0.39, 0.29) is 5.91 Å². The summed E-state index contributed by atoms with van der Waals surface area (Å²) in [5.41, 5.74) is 1.58. The second-order valence-electron chi connectivity index (χ2n) is 6.87. The molecule has 3 fully saturated rings. The summed E-state index contributed by atoms with van der Waals surface area (Å²) in [5.74, 6) is 3.41. The maximum absolute atomic E-state index is 12.7. The molecule has 0 aromatic carbocycles. The minimum atomic E-state index is 0.0412. The SMILES string of the molecule is O=C(c1ccc(N2CCCC2)c(OCC2CC2)n1)N1CCSCC1. The van der Waals surface area contributed by atoms with Crippen molar-refractivity contribution in [1.82, 2.24) is 9.88 Å². The van der Waals surface area contributed by atoms with E-state index in [0.29, 0.717) is 17.5 Å². The summed E-state index contributed by atoms with van der Waals surface area (Å²) in [4.78, 5) is 21.6. The molecule has 2 aliphatic heterocycles. The Kier molecular flexibility index (Phi) is 4.83. The van der Waals surface area contributed by atoms with Crippen LogP contribution >= 0.6 is 11.8 Å². The van der Waals surface area contributed by atoms with E-state index < -0.39 is 0 Å². The van der Waals surface area contributed by atoms with Crippen LogP contribution in [0.25, 0.3) is 0 Å². The van der Waals surface area contributed by atoms with Gasteiger partial charge < -0.3 is 14.5 Å². The van der Waals surface area contributed by atoms with Gasteiger partial charge in [-0.3, -0.25) is 4.79 Å². The van der Waals surface area contributed by atoms with Crippen molar-refractivity contribution < 1.29 is 9.53 Å². The third-order valence-electron chi connectivity index (χ3n) is 4.96. The van der Waals surface area contributed by atoms with E-state index in [9.17, 15) is 4.79 Å². The fourth-order valence-electron chi connectivity index (χ4n) is 3.27. The number of anilines is 1. The Morgan fingerprint density at radius 3 is 2.62 bits per heavy atom. The van der Waals surface area contributed by atoms with Crippen LogP contribution in [0.5, 0.6) is 5.88 Å². The Morgan fingerprint density at radius 1 is 1.17 bits per heavy atom. The lowest BCUT2D eigenvalue weighted by Gasteiger charge is -2.27. The van der Waals surface area contributed by atoms with Crippen molar-refractivity contribution in [2.75, 3.05) is 49.2 Å². The van der Waals surface area contributed by atoms with Crippen LogP contribution in [-0.2, 0) is 0 Å². The largest absolute Gasteiger partial charge is 0.476 e. The highest BCUT2D eigenvalue weighted by molar-refractivity contribution is 7.99. The van der Waals surface area contributed by atoms with E-state index in [1.54, 1.807) is 0 Å². The number of thioether (sulfide) groups is 1. The van der Waals surface area contributed by atoms with Crippen LogP contribution in [0.1, 0.15) is 36.2 Å². The average molecular weight is 347 g/mol. The van der Waals surface area contributed by atoms with Gasteiger partial charge in [-0.2, -0.15) is 11.8 Å². The summed E-state index contributed by atoms with van der Waals surface area (Å²) in [7, 11) is 0. The molecule has 0 radical (unpaired) electrons.